The molecule has 0 radical (unpaired) electrons. The van der Waals surface area contributed by atoms with Crippen molar-refractivity contribution in [3.05, 3.63) is 61.3 Å². The Kier molecular flexibility index (Phi) is 5.88. The highest BCUT2D eigenvalue weighted by atomic mass is 32.1. The molecule has 9 nitrogen and oxygen atoms in total. The van der Waals surface area contributed by atoms with Gasteiger partial charge in [0.15, 0.2) is 10.7 Å². The van der Waals surface area contributed by atoms with E-state index in [9.17, 15) is 14.4 Å². The molecule has 0 unspecified atom stereocenters. The van der Waals surface area contributed by atoms with E-state index in [2.05, 4.69) is 27.2 Å². The molecule has 4 heterocycles. The Labute approximate surface area is 201 Å². The number of oxazole rings is 1. The number of fused-ring (bicyclic) bond motifs is 2. The molecule has 174 valence electrons. The first kappa shape index (κ1) is 22.2. The van der Waals surface area contributed by atoms with Crippen LogP contribution in [0.3, 0.4) is 0 Å². The van der Waals surface area contributed by atoms with Gasteiger partial charge in [-0.05, 0) is 31.0 Å². The monoisotopic (exact) mass is 495 g/mol. The maximum absolute atomic E-state index is 13.0. The third kappa shape index (κ3) is 4.08. The molecule has 2 N–H and O–H groups in total. The fourth-order valence-electron chi connectivity index (χ4n) is 3.79. The van der Waals surface area contributed by atoms with Crippen molar-refractivity contribution in [2.75, 3.05) is 5.32 Å². The van der Waals surface area contributed by atoms with Gasteiger partial charge in [0.05, 0.1) is 27.8 Å². The molecule has 34 heavy (non-hydrogen) atoms. The Morgan fingerprint density at radius 3 is 2.94 bits per heavy atom. The summed E-state index contributed by atoms with van der Waals surface area (Å²) >= 11 is 2.49. The van der Waals surface area contributed by atoms with Gasteiger partial charge in [0.2, 0.25) is 0 Å². The highest BCUT2D eigenvalue weighted by molar-refractivity contribution is 7.21. The number of unbranched alkanes of at least 4 members (excludes halogenated alkanes) is 2. The number of aromatic nitrogens is 4. The molecule has 0 atom stereocenters. The number of nitrogens with zero attached hydrogens (tertiary/aromatic N) is 3. The van der Waals surface area contributed by atoms with Gasteiger partial charge in [-0.15, -0.1) is 22.7 Å². The number of anilines is 1. The molecular weight excluding hydrogens is 474 g/mol. The standard InChI is InChI=1S/C23H21N5O4S2/c1-3-4-5-8-28-11-24-20-17(21(28)30)12(2)18(34-20)19(29)27-22-25-15(10-33-22)13-6-7-14-16(9-13)32-23(31)26-14/h6-7,9-11H,3-5,8H2,1-2H3,(H,26,31)(H,25,27,29). The first-order valence-corrected chi connectivity index (χ1v) is 12.5. The van der Waals surface area contributed by atoms with E-state index >= 15 is 0 Å². The van der Waals surface area contributed by atoms with Crippen LogP contribution in [0.1, 0.15) is 41.4 Å². The summed E-state index contributed by atoms with van der Waals surface area (Å²) in [7, 11) is 0. The van der Waals surface area contributed by atoms with Gasteiger partial charge in [-0.25, -0.2) is 14.8 Å². The molecule has 5 rings (SSSR count). The average molecular weight is 496 g/mol. The number of carbonyl (C=O) groups is 1. The summed E-state index contributed by atoms with van der Waals surface area (Å²) in [5.74, 6) is -0.843. The first-order chi connectivity index (χ1) is 16.4. The lowest BCUT2D eigenvalue weighted by atomic mass is 10.1. The van der Waals surface area contributed by atoms with Gasteiger partial charge >= 0.3 is 5.76 Å². The molecule has 0 fully saturated rings. The molecule has 4 aromatic heterocycles. The summed E-state index contributed by atoms with van der Waals surface area (Å²) in [6.07, 6.45) is 4.59. The molecule has 0 saturated carbocycles. The molecule has 0 aliphatic carbocycles. The fourth-order valence-corrected chi connectivity index (χ4v) is 5.54. The molecule has 1 amide bonds. The van der Waals surface area contributed by atoms with Crippen LogP contribution in [0, 0.1) is 6.92 Å². The Hall–Kier alpha value is -3.57. The van der Waals surface area contributed by atoms with E-state index in [-0.39, 0.29) is 11.5 Å². The van der Waals surface area contributed by atoms with Crippen molar-refractivity contribution in [1.29, 1.82) is 0 Å². The van der Waals surface area contributed by atoms with Crippen LogP contribution >= 0.6 is 22.7 Å². The molecule has 1 aromatic carbocycles. The summed E-state index contributed by atoms with van der Waals surface area (Å²) in [6, 6.07) is 5.29. The third-order valence-corrected chi connectivity index (χ3v) is 7.52. The summed E-state index contributed by atoms with van der Waals surface area (Å²) in [5, 5.41) is 5.57. The predicted octanol–water partition coefficient (Wildman–Crippen LogP) is 4.77. The second kappa shape index (κ2) is 8.99. The number of hydrogen-bond acceptors (Lipinski definition) is 8. The van der Waals surface area contributed by atoms with Crippen molar-refractivity contribution >= 4 is 55.0 Å². The normalized spacial score (nSPS) is 11.5. The second-order valence-electron chi connectivity index (χ2n) is 7.90. The van der Waals surface area contributed by atoms with Crippen LogP contribution in [0.25, 0.3) is 32.6 Å². The number of hydrogen-bond donors (Lipinski definition) is 2. The van der Waals surface area contributed by atoms with Crippen LogP contribution in [0.4, 0.5) is 5.13 Å². The maximum atomic E-state index is 13.0. The number of rotatable bonds is 7. The second-order valence-corrected chi connectivity index (χ2v) is 9.76. The number of carbonyl (C=O) groups excluding carboxylic acids is 1. The molecule has 0 aliphatic heterocycles. The van der Waals surface area contributed by atoms with E-state index in [0.717, 1.165) is 24.8 Å². The molecule has 0 aliphatic rings. The van der Waals surface area contributed by atoms with Crippen LogP contribution in [-0.2, 0) is 6.54 Å². The largest absolute Gasteiger partial charge is 0.417 e. The summed E-state index contributed by atoms with van der Waals surface area (Å²) < 4.78 is 6.73. The Bertz CT molecular complexity index is 1640. The number of H-pyrrole nitrogens is 1. The number of benzene rings is 1. The molecule has 0 spiro atoms. The van der Waals surface area contributed by atoms with Crippen LogP contribution in [0.2, 0.25) is 0 Å². The lowest BCUT2D eigenvalue weighted by Gasteiger charge is -2.04. The van der Waals surface area contributed by atoms with E-state index in [1.54, 1.807) is 30.0 Å². The third-order valence-electron chi connectivity index (χ3n) is 5.57. The number of thiophene rings is 1. The number of amides is 1. The van der Waals surface area contributed by atoms with E-state index < -0.39 is 5.76 Å². The van der Waals surface area contributed by atoms with Crippen molar-refractivity contribution in [2.45, 2.75) is 39.7 Å². The van der Waals surface area contributed by atoms with Gasteiger partial charge in [-0.2, -0.15) is 0 Å². The molecule has 0 bridgehead atoms. The summed E-state index contributed by atoms with van der Waals surface area (Å²) in [6.45, 7) is 4.51. The summed E-state index contributed by atoms with van der Waals surface area (Å²) in [4.78, 5) is 49.9. The lowest BCUT2D eigenvalue weighted by molar-refractivity contribution is 0.103. The van der Waals surface area contributed by atoms with E-state index in [4.69, 9.17) is 4.42 Å². The van der Waals surface area contributed by atoms with Gasteiger partial charge in [0.25, 0.3) is 11.5 Å². The zero-order valence-corrected chi connectivity index (χ0v) is 20.1. The first-order valence-electron chi connectivity index (χ1n) is 10.8. The molecular formula is C23H21N5O4S2. The number of aromatic amines is 1. The average Bonchev–Trinajstić information content (AvgIpc) is 3.51. The molecule has 11 heteroatoms. The van der Waals surface area contributed by atoms with Crippen LogP contribution in [-0.4, -0.2) is 25.4 Å². The van der Waals surface area contributed by atoms with Gasteiger partial charge in [-0.1, -0.05) is 25.8 Å². The Morgan fingerprint density at radius 1 is 1.26 bits per heavy atom. The van der Waals surface area contributed by atoms with Gasteiger partial charge in [0, 0.05) is 17.5 Å². The predicted molar refractivity (Wildman–Crippen MR) is 134 cm³/mol. The van der Waals surface area contributed by atoms with Crippen molar-refractivity contribution in [2.24, 2.45) is 0 Å². The van der Waals surface area contributed by atoms with Crippen molar-refractivity contribution < 1.29 is 9.21 Å². The topological polar surface area (TPSA) is 123 Å². The zero-order valence-electron chi connectivity index (χ0n) is 18.5. The Balaban J connectivity index is 1.39. The highest BCUT2D eigenvalue weighted by Gasteiger charge is 2.20. The van der Waals surface area contributed by atoms with Crippen LogP contribution in [0.15, 0.2) is 43.9 Å². The van der Waals surface area contributed by atoms with E-state index in [1.165, 1.54) is 22.7 Å². The van der Waals surface area contributed by atoms with Crippen molar-refractivity contribution in [1.82, 2.24) is 19.5 Å². The van der Waals surface area contributed by atoms with Crippen molar-refractivity contribution in [3.8, 4) is 11.3 Å². The quantitative estimate of drug-likeness (QED) is 0.314. The minimum Gasteiger partial charge on any atom is -0.408 e. The van der Waals surface area contributed by atoms with Gasteiger partial charge < -0.3 is 4.42 Å². The fraction of sp³-hybridized carbons (Fsp3) is 0.261. The molecule has 0 saturated heterocycles. The number of thiazole rings is 1. The minimum absolute atomic E-state index is 0.114. The van der Waals surface area contributed by atoms with E-state index in [1.807, 2.05) is 11.4 Å². The SMILES string of the molecule is CCCCCn1cnc2sc(C(=O)Nc3nc(-c4ccc5[nH]c(=O)oc5c4)cs3)c(C)c2c1=O. The van der Waals surface area contributed by atoms with Gasteiger partial charge in [0.1, 0.15) is 4.83 Å². The van der Waals surface area contributed by atoms with Gasteiger partial charge in [-0.3, -0.25) is 24.5 Å². The lowest BCUT2D eigenvalue weighted by Crippen LogP contribution is -2.20. The Morgan fingerprint density at radius 2 is 2.12 bits per heavy atom. The number of aryl methyl sites for hydroxylation is 2. The van der Waals surface area contributed by atoms with E-state index in [0.29, 0.717) is 49.1 Å². The summed E-state index contributed by atoms with van der Waals surface area (Å²) in [5.41, 5.74) is 2.97. The number of nitrogens with one attached hydrogen (secondary N) is 2. The van der Waals surface area contributed by atoms with Crippen LogP contribution in [0.5, 0.6) is 0 Å². The maximum Gasteiger partial charge on any atom is 0.417 e. The van der Waals surface area contributed by atoms with Crippen molar-refractivity contribution in [3.63, 3.8) is 0 Å². The molecule has 5 aromatic rings. The zero-order chi connectivity index (χ0) is 23.8. The smallest absolute Gasteiger partial charge is 0.408 e. The van der Waals surface area contributed by atoms with Crippen LogP contribution < -0.4 is 16.6 Å². The minimum atomic E-state index is -0.515. The highest BCUT2D eigenvalue weighted by Crippen LogP contribution is 2.30.